The van der Waals surface area contributed by atoms with Crippen LogP contribution >= 0.6 is 0 Å². The maximum Gasteiger partial charge on any atom is 0.134 e. The molecule has 2 aliphatic carbocycles. The second-order valence-electron chi connectivity index (χ2n) is 6.17. The summed E-state index contributed by atoms with van der Waals surface area (Å²) in [5, 5.41) is 3.49. The summed E-state index contributed by atoms with van der Waals surface area (Å²) < 4.78 is 5.97. The van der Waals surface area contributed by atoms with Gasteiger partial charge in [-0.15, -0.1) is 0 Å². The monoisotopic (exact) mass is 267 g/mol. The molecule has 0 radical (unpaired) electrons. The fourth-order valence-corrected chi connectivity index (χ4v) is 2.85. The van der Waals surface area contributed by atoms with Crippen LogP contribution in [-0.4, -0.2) is 6.04 Å². The van der Waals surface area contributed by atoms with Crippen molar-refractivity contribution in [1.29, 1.82) is 0 Å². The molecule has 2 aliphatic rings. The van der Waals surface area contributed by atoms with E-state index in [-0.39, 0.29) is 0 Å². The summed E-state index contributed by atoms with van der Waals surface area (Å²) in [4.78, 5) is 0. The maximum atomic E-state index is 5.97. The van der Waals surface area contributed by atoms with E-state index >= 15 is 0 Å². The predicted molar refractivity (Wildman–Crippen MR) is 80.6 cm³/mol. The van der Waals surface area contributed by atoms with Crippen molar-refractivity contribution in [1.82, 2.24) is 5.32 Å². The predicted octanol–water partition coefficient (Wildman–Crippen LogP) is 4.47. The van der Waals surface area contributed by atoms with E-state index < -0.39 is 0 Å². The second-order valence-corrected chi connectivity index (χ2v) is 6.17. The number of hydrogen-bond donors (Lipinski definition) is 1. The SMILES string of the molecule is c1cc(-c2ccc(CNC3CC3)o2)cc(C2CCC2)c1. The van der Waals surface area contributed by atoms with Crippen molar-refractivity contribution >= 4 is 0 Å². The van der Waals surface area contributed by atoms with Crippen LogP contribution in [0.15, 0.2) is 40.8 Å². The molecule has 2 saturated carbocycles. The first kappa shape index (κ1) is 12.2. The van der Waals surface area contributed by atoms with Gasteiger partial charge in [0, 0.05) is 11.6 Å². The molecule has 0 spiro atoms. The smallest absolute Gasteiger partial charge is 0.134 e. The Balaban J connectivity index is 1.50. The molecule has 1 aromatic heterocycles. The molecule has 1 aromatic carbocycles. The molecule has 0 bridgehead atoms. The lowest BCUT2D eigenvalue weighted by atomic mass is 9.79. The molecule has 0 amide bonds. The third kappa shape index (κ3) is 2.53. The standard InChI is InChI=1S/C18H21NO/c1-3-13(4-1)14-5-2-6-15(11-14)18-10-9-17(20-18)12-19-16-7-8-16/h2,5-6,9-11,13,16,19H,1,3-4,7-8,12H2. The zero-order valence-electron chi connectivity index (χ0n) is 11.8. The highest BCUT2D eigenvalue weighted by molar-refractivity contribution is 5.59. The van der Waals surface area contributed by atoms with Crippen LogP contribution in [0.3, 0.4) is 0 Å². The third-order valence-electron chi connectivity index (χ3n) is 4.55. The van der Waals surface area contributed by atoms with Crippen molar-refractivity contribution < 1.29 is 4.42 Å². The summed E-state index contributed by atoms with van der Waals surface area (Å²) in [5.41, 5.74) is 2.69. The summed E-state index contributed by atoms with van der Waals surface area (Å²) in [6, 6.07) is 13.8. The first-order valence-corrected chi connectivity index (χ1v) is 7.81. The van der Waals surface area contributed by atoms with Gasteiger partial charge in [0.25, 0.3) is 0 Å². The highest BCUT2D eigenvalue weighted by atomic mass is 16.3. The van der Waals surface area contributed by atoms with Crippen molar-refractivity contribution in [2.45, 2.75) is 50.6 Å². The zero-order valence-corrected chi connectivity index (χ0v) is 11.8. The van der Waals surface area contributed by atoms with E-state index in [2.05, 4.69) is 41.7 Å². The van der Waals surface area contributed by atoms with Crippen molar-refractivity contribution in [2.24, 2.45) is 0 Å². The number of rotatable bonds is 5. The average molecular weight is 267 g/mol. The topological polar surface area (TPSA) is 25.2 Å². The fraction of sp³-hybridized carbons (Fsp3) is 0.444. The van der Waals surface area contributed by atoms with Crippen LogP contribution in [0.4, 0.5) is 0 Å². The molecule has 0 unspecified atom stereocenters. The van der Waals surface area contributed by atoms with Gasteiger partial charge in [0.2, 0.25) is 0 Å². The molecular weight excluding hydrogens is 246 g/mol. The van der Waals surface area contributed by atoms with E-state index in [1.807, 2.05) is 0 Å². The Morgan fingerprint density at radius 2 is 1.95 bits per heavy atom. The Morgan fingerprint density at radius 3 is 2.70 bits per heavy atom. The van der Waals surface area contributed by atoms with E-state index in [0.717, 1.165) is 30.0 Å². The van der Waals surface area contributed by atoms with E-state index in [1.165, 1.54) is 43.2 Å². The van der Waals surface area contributed by atoms with E-state index in [0.29, 0.717) is 0 Å². The van der Waals surface area contributed by atoms with E-state index in [1.54, 1.807) is 0 Å². The Hall–Kier alpha value is -1.54. The van der Waals surface area contributed by atoms with Crippen LogP contribution in [0.2, 0.25) is 0 Å². The quantitative estimate of drug-likeness (QED) is 0.865. The molecule has 20 heavy (non-hydrogen) atoms. The lowest BCUT2D eigenvalue weighted by Gasteiger charge is -2.26. The minimum Gasteiger partial charge on any atom is -0.460 e. The Kier molecular flexibility index (Phi) is 3.12. The Morgan fingerprint density at radius 1 is 1.05 bits per heavy atom. The maximum absolute atomic E-state index is 5.97. The van der Waals surface area contributed by atoms with Gasteiger partial charge in [0.15, 0.2) is 0 Å². The lowest BCUT2D eigenvalue weighted by Crippen LogP contribution is -2.14. The molecule has 4 rings (SSSR count). The highest BCUT2D eigenvalue weighted by Gasteiger charge is 2.21. The zero-order chi connectivity index (χ0) is 13.4. The number of nitrogens with one attached hydrogen (secondary N) is 1. The van der Waals surface area contributed by atoms with Crippen LogP contribution in [0, 0.1) is 0 Å². The molecule has 2 aromatic rings. The Labute approximate surface area is 120 Å². The summed E-state index contributed by atoms with van der Waals surface area (Å²) >= 11 is 0. The minimum atomic E-state index is 0.727. The summed E-state index contributed by atoms with van der Waals surface area (Å²) in [6.45, 7) is 0.854. The summed E-state index contributed by atoms with van der Waals surface area (Å²) in [7, 11) is 0. The molecule has 104 valence electrons. The first-order valence-electron chi connectivity index (χ1n) is 7.81. The van der Waals surface area contributed by atoms with Gasteiger partial charge in [-0.25, -0.2) is 0 Å². The van der Waals surface area contributed by atoms with Crippen molar-refractivity contribution in [2.75, 3.05) is 0 Å². The van der Waals surface area contributed by atoms with Crippen molar-refractivity contribution in [3.8, 4) is 11.3 Å². The van der Waals surface area contributed by atoms with Crippen LogP contribution in [0.5, 0.6) is 0 Å². The van der Waals surface area contributed by atoms with Gasteiger partial charge in [-0.1, -0.05) is 24.6 Å². The number of hydrogen-bond acceptors (Lipinski definition) is 2. The molecule has 1 N–H and O–H groups in total. The molecular formula is C18H21NO. The molecule has 0 saturated heterocycles. The fourth-order valence-electron chi connectivity index (χ4n) is 2.85. The summed E-state index contributed by atoms with van der Waals surface area (Å²) in [6.07, 6.45) is 6.71. The molecule has 2 heteroatoms. The largest absolute Gasteiger partial charge is 0.460 e. The van der Waals surface area contributed by atoms with Crippen LogP contribution in [0.25, 0.3) is 11.3 Å². The van der Waals surface area contributed by atoms with E-state index in [4.69, 9.17) is 4.42 Å². The van der Waals surface area contributed by atoms with Crippen LogP contribution in [0.1, 0.15) is 49.3 Å². The molecule has 2 nitrogen and oxygen atoms in total. The van der Waals surface area contributed by atoms with Crippen molar-refractivity contribution in [3.05, 3.63) is 47.7 Å². The van der Waals surface area contributed by atoms with Gasteiger partial charge in [-0.05, 0) is 55.4 Å². The van der Waals surface area contributed by atoms with Crippen LogP contribution < -0.4 is 5.32 Å². The lowest BCUT2D eigenvalue weighted by molar-refractivity contribution is 0.419. The van der Waals surface area contributed by atoms with Crippen LogP contribution in [-0.2, 0) is 6.54 Å². The van der Waals surface area contributed by atoms with Crippen molar-refractivity contribution in [3.63, 3.8) is 0 Å². The average Bonchev–Trinajstić information content (AvgIpc) is 3.12. The van der Waals surface area contributed by atoms with Gasteiger partial charge in [-0.3, -0.25) is 0 Å². The van der Waals surface area contributed by atoms with E-state index in [9.17, 15) is 0 Å². The molecule has 0 aliphatic heterocycles. The highest BCUT2D eigenvalue weighted by Crippen LogP contribution is 2.37. The van der Waals surface area contributed by atoms with Gasteiger partial charge in [0.05, 0.1) is 6.54 Å². The number of furan rings is 1. The van der Waals surface area contributed by atoms with Gasteiger partial charge < -0.3 is 9.73 Å². The number of benzene rings is 1. The first-order chi connectivity index (χ1) is 9.88. The normalized spacial score (nSPS) is 19.0. The van der Waals surface area contributed by atoms with Gasteiger partial charge >= 0.3 is 0 Å². The third-order valence-corrected chi connectivity index (χ3v) is 4.55. The molecule has 0 atom stereocenters. The van der Waals surface area contributed by atoms with Gasteiger partial charge in [-0.2, -0.15) is 0 Å². The second kappa shape index (κ2) is 5.10. The Bertz CT molecular complexity index is 593. The molecule has 1 heterocycles. The minimum absolute atomic E-state index is 0.727. The van der Waals surface area contributed by atoms with Gasteiger partial charge in [0.1, 0.15) is 11.5 Å². The summed E-state index contributed by atoms with van der Waals surface area (Å²) in [5.74, 6) is 2.82. The molecule has 2 fully saturated rings.